The Morgan fingerprint density at radius 2 is 1.76 bits per heavy atom. The normalized spacial score (nSPS) is 10.3. The number of aliphatic carboxylic acids is 1. The van der Waals surface area contributed by atoms with Gasteiger partial charge in [-0.15, -0.1) is 0 Å². The van der Waals surface area contributed by atoms with Gasteiger partial charge in [0.15, 0.2) is 0 Å². The molecule has 0 aliphatic carbocycles. The molecule has 33 heavy (non-hydrogen) atoms. The molecule has 0 saturated carbocycles. The van der Waals surface area contributed by atoms with Crippen molar-refractivity contribution in [2.24, 2.45) is 0 Å². The number of nitrogens with one attached hydrogen (secondary N) is 2. The van der Waals surface area contributed by atoms with Crippen LogP contribution in [0.5, 0.6) is 0 Å². The number of anilines is 2. The molecule has 2 aromatic carbocycles. The van der Waals surface area contributed by atoms with Gasteiger partial charge in [0.25, 0.3) is 5.69 Å². The number of amides is 1. The van der Waals surface area contributed by atoms with Crippen LogP contribution >= 0.6 is 0 Å². The van der Waals surface area contributed by atoms with Gasteiger partial charge in [0.05, 0.1) is 11.3 Å². The Morgan fingerprint density at radius 1 is 1.09 bits per heavy atom. The maximum atomic E-state index is 12.0. The highest BCUT2D eigenvalue weighted by molar-refractivity contribution is 5.84. The molecule has 0 radical (unpaired) electrons. The summed E-state index contributed by atoms with van der Waals surface area (Å²) in [5.41, 5.74) is 2.52. The Bertz CT molecular complexity index is 1150. The van der Waals surface area contributed by atoms with Gasteiger partial charge in [-0.1, -0.05) is 12.1 Å². The van der Waals surface area contributed by atoms with Gasteiger partial charge in [0, 0.05) is 43.0 Å². The van der Waals surface area contributed by atoms with Crippen molar-refractivity contribution in [2.45, 2.75) is 19.4 Å². The van der Waals surface area contributed by atoms with Crippen molar-refractivity contribution in [1.82, 2.24) is 9.97 Å². The van der Waals surface area contributed by atoms with Crippen LogP contribution in [0.3, 0.4) is 0 Å². The smallest absolute Gasteiger partial charge is 0.411 e. The van der Waals surface area contributed by atoms with Crippen molar-refractivity contribution >= 4 is 29.3 Å². The second-order valence-corrected chi connectivity index (χ2v) is 6.98. The van der Waals surface area contributed by atoms with E-state index in [1.165, 1.54) is 30.5 Å². The molecule has 0 spiro atoms. The van der Waals surface area contributed by atoms with Gasteiger partial charge >= 0.3 is 12.1 Å². The predicted octanol–water partition coefficient (Wildman–Crippen LogP) is 3.39. The summed E-state index contributed by atoms with van der Waals surface area (Å²) >= 11 is 0. The summed E-state index contributed by atoms with van der Waals surface area (Å²) in [5.74, 6) is 0.0327. The number of aromatic nitrogens is 2. The lowest BCUT2D eigenvalue weighted by atomic mass is 10.1. The van der Waals surface area contributed by atoms with E-state index in [2.05, 4.69) is 20.6 Å². The molecular weight excluding hydrogens is 430 g/mol. The molecule has 0 unspecified atom stereocenters. The molecule has 1 aromatic heterocycles. The standard InChI is InChI=1S/C22H21N5O6/c1-23-21-16(11-20(28)29)12-24-19(26-21)10-14-2-6-17(7-3-14)25-22(30)33-13-15-4-8-18(9-5-15)27(31)32/h2-9,12H,10-11,13H2,1H3,(H,25,30)(H,28,29)(H,23,24,26). The van der Waals surface area contributed by atoms with Crippen LogP contribution in [0.2, 0.25) is 0 Å². The van der Waals surface area contributed by atoms with E-state index in [1.807, 2.05) is 0 Å². The molecule has 0 atom stereocenters. The maximum Gasteiger partial charge on any atom is 0.411 e. The maximum absolute atomic E-state index is 12.0. The summed E-state index contributed by atoms with van der Waals surface area (Å²) in [6.45, 7) is -0.0229. The third-order valence-electron chi connectivity index (χ3n) is 4.57. The molecule has 3 aromatic rings. The Balaban J connectivity index is 1.54. The fraction of sp³-hybridized carbons (Fsp3) is 0.182. The van der Waals surface area contributed by atoms with Gasteiger partial charge in [0.1, 0.15) is 18.2 Å². The Kier molecular flexibility index (Phi) is 7.47. The first kappa shape index (κ1) is 23.1. The minimum Gasteiger partial charge on any atom is -0.481 e. The van der Waals surface area contributed by atoms with Crippen molar-refractivity contribution in [1.29, 1.82) is 0 Å². The average molecular weight is 451 g/mol. The summed E-state index contributed by atoms with van der Waals surface area (Å²) in [5, 5.41) is 25.1. The molecule has 1 heterocycles. The third kappa shape index (κ3) is 6.72. The number of non-ortho nitro benzene ring substituents is 1. The fourth-order valence-corrected chi connectivity index (χ4v) is 2.94. The number of benzene rings is 2. The molecule has 0 aliphatic rings. The molecular formula is C22H21N5O6. The zero-order chi connectivity index (χ0) is 23.8. The molecule has 0 fully saturated rings. The number of ether oxygens (including phenoxy) is 1. The predicted molar refractivity (Wildman–Crippen MR) is 119 cm³/mol. The number of carbonyl (C=O) groups excluding carboxylic acids is 1. The molecule has 3 rings (SSSR count). The van der Waals surface area contributed by atoms with Crippen molar-refractivity contribution < 1.29 is 24.4 Å². The molecule has 170 valence electrons. The molecule has 11 nitrogen and oxygen atoms in total. The Morgan fingerprint density at radius 3 is 2.36 bits per heavy atom. The molecule has 3 N–H and O–H groups in total. The van der Waals surface area contributed by atoms with E-state index < -0.39 is 17.0 Å². The van der Waals surface area contributed by atoms with Crippen molar-refractivity contribution in [3.8, 4) is 0 Å². The SMILES string of the molecule is CNc1nc(Cc2ccc(NC(=O)OCc3ccc([N+](=O)[O-])cc3)cc2)ncc1CC(=O)O. The van der Waals surface area contributed by atoms with Crippen LogP contribution in [0.15, 0.2) is 54.7 Å². The number of carboxylic acid groups (broad SMARTS) is 1. The van der Waals surface area contributed by atoms with Crippen LogP contribution in [0.25, 0.3) is 0 Å². The van der Waals surface area contributed by atoms with Gasteiger partial charge in [-0.05, 0) is 35.4 Å². The van der Waals surface area contributed by atoms with E-state index in [0.29, 0.717) is 34.9 Å². The van der Waals surface area contributed by atoms with Crippen LogP contribution in [-0.4, -0.2) is 39.1 Å². The number of hydrogen-bond acceptors (Lipinski definition) is 8. The number of nitro benzene ring substituents is 1. The lowest BCUT2D eigenvalue weighted by Crippen LogP contribution is -2.13. The number of hydrogen-bond donors (Lipinski definition) is 3. The highest BCUT2D eigenvalue weighted by atomic mass is 16.6. The quantitative estimate of drug-likeness (QED) is 0.328. The summed E-state index contributed by atoms with van der Waals surface area (Å²) < 4.78 is 5.13. The molecule has 11 heteroatoms. The summed E-state index contributed by atoms with van der Waals surface area (Å²) in [6, 6.07) is 12.8. The van der Waals surface area contributed by atoms with Crippen molar-refractivity contribution in [2.75, 3.05) is 17.7 Å². The molecule has 0 saturated heterocycles. The van der Waals surface area contributed by atoms with Crippen LogP contribution in [0.1, 0.15) is 22.5 Å². The first-order valence-electron chi connectivity index (χ1n) is 9.84. The van der Waals surface area contributed by atoms with Crippen molar-refractivity contribution in [3.05, 3.63) is 87.4 Å². The van der Waals surface area contributed by atoms with E-state index in [4.69, 9.17) is 9.84 Å². The van der Waals surface area contributed by atoms with Gasteiger partial charge in [-0.25, -0.2) is 14.8 Å². The number of nitro groups is 1. The van der Waals surface area contributed by atoms with E-state index in [0.717, 1.165) is 5.56 Å². The second-order valence-electron chi connectivity index (χ2n) is 6.98. The largest absolute Gasteiger partial charge is 0.481 e. The van der Waals surface area contributed by atoms with Crippen LogP contribution in [0.4, 0.5) is 22.0 Å². The number of rotatable bonds is 9. The van der Waals surface area contributed by atoms with E-state index in [9.17, 15) is 19.7 Å². The number of carboxylic acids is 1. The lowest BCUT2D eigenvalue weighted by Gasteiger charge is -2.09. The summed E-state index contributed by atoms with van der Waals surface area (Å²) in [4.78, 5) is 41.7. The van der Waals surface area contributed by atoms with Gasteiger partial charge in [-0.2, -0.15) is 0 Å². The zero-order valence-corrected chi connectivity index (χ0v) is 17.6. The second kappa shape index (κ2) is 10.7. The monoisotopic (exact) mass is 451 g/mol. The lowest BCUT2D eigenvalue weighted by molar-refractivity contribution is -0.384. The molecule has 1 amide bonds. The summed E-state index contributed by atoms with van der Waals surface area (Å²) in [7, 11) is 1.67. The van der Waals surface area contributed by atoms with E-state index >= 15 is 0 Å². The van der Waals surface area contributed by atoms with Crippen LogP contribution < -0.4 is 10.6 Å². The third-order valence-corrected chi connectivity index (χ3v) is 4.57. The zero-order valence-electron chi connectivity index (χ0n) is 17.6. The molecule has 0 bridgehead atoms. The van der Waals surface area contributed by atoms with Gasteiger partial charge in [-0.3, -0.25) is 20.2 Å². The topological polar surface area (TPSA) is 157 Å². The minimum atomic E-state index is -0.961. The van der Waals surface area contributed by atoms with Crippen LogP contribution in [0, 0.1) is 10.1 Å². The Hall–Kier alpha value is -4.54. The summed E-state index contributed by atoms with van der Waals surface area (Å²) in [6.07, 6.45) is 1.10. The molecule has 0 aliphatic heterocycles. The van der Waals surface area contributed by atoms with E-state index in [-0.39, 0.29) is 18.7 Å². The first-order valence-corrected chi connectivity index (χ1v) is 9.84. The average Bonchev–Trinajstić information content (AvgIpc) is 2.80. The van der Waals surface area contributed by atoms with E-state index in [1.54, 1.807) is 31.3 Å². The van der Waals surface area contributed by atoms with Gasteiger partial charge in [0.2, 0.25) is 0 Å². The highest BCUT2D eigenvalue weighted by Crippen LogP contribution is 2.17. The fourth-order valence-electron chi connectivity index (χ4n) is 2.94. The number of carbonyl (C=O) groups is 2. The number of nitrogens with zero attached hydrogens (tertiary/aromatic N) is 3. The first-order chi connectivity index (χ1) is 15.8. The Labute approximate surface area is 188 Å². The van der Waals surface area contributed by atoms with Crippen molar-refractivity contribution in [3.63, 3.8) is 0 Å². The highest BCUT2D eigenvalue weighted by Gasteiger charge is 2.11. The minimum absolute atomic E-state index is 0.0229. The van der Waals surface area contributed by atoms with Gasteiger partial charge < -0.3 is 15.2 Å². The van der Waals surface area contributed by atoms with Crippen LogP contribution in [-0.2, 0) is 29.0 Å².